The number of nitro groups is 2. The van der Waals surface area contributed by atoms with Crippen molar-refractivity contribution >= 4 is 51.1 Å². The van der Waals surface area contributed by atoms with Crippen molar-refractivity contribution in [1.82, 2.24) is 9.66 Å². The van der Waals surface area contributed by atoms with Crippen LogP contribution in [0.2, 0.25) is 5.02 Å². The Balaban J connectivity index is 1.46. The van der Waals surface area contributed by atoms with E-state index in [4.69, 9.17) is 20.8 Å². The average Bonchev–Trinajstić information content (AvgIpc) is 3.44. The van der Waals surface area contributed by atoms with Crippen LogP contribution in [0.3, 0.4) is 0 Å². The van der Waals surface area contributed by atoms with Crippen LogP contribution in [0.25, 0.3) is 33.5 Å². The maximum Gasteiger partial charge on any atom is 0.313 e. The number of aromatic nitrogens is 2. The zero-order valence-electron chi connectivity index (χ0n) is 21.9. The van der Waals surface area contributed by atoms with Gasteiger partial charge in [0.15, 0.2) is 5.76 Å². The molecular formula is C30H18ClN5O7. The van der Waals surface area contributed by atoms with E-state index in [0.717, 1.165) is 16.1 Å². The second-order valence-electron chi connectivity index (χ2n) is 9.28. The predicted molar refractivity (Wildman–Crippen MR) is 160 cm³/mol. The molecule has 4 aromatic carbocycles. The predicted octanol–water partition coefficient (Wildman–Crippen LogP) is 6.74. The number of para-hydroxylation sites is 2. The summed E-state index contributed by atoms with van der Waals surface area (Å²) in [5.41, 5.74) is 0.614. The van der Waals surface area contributed by atoms with Gasteiger partial charge in [0.25, 0.3) is 11.2 Å². The molecule has 212 valence electrons. The number of hydrogen-bond donors (Lipinski definition) is 0. The van der Waals surface area contributed by atoms with Crippen molar-refractivity contribution < 1.29 is 19.0 Å². The number of furan rings is 1. The number of hydrogen-bond acceptors (Lipinski definition) is 9. The zero-order valence-corrected chi connectivity index (χ0v) is 22.7. The molecule has 0 aliphatic heterocycles. The van der Waals surface area contributed by atoms with Crippen molar-refractivity contribution in [1.29, 1.82) is 0 Å². The van der Waals surface area contributed by atoms with Crippen LogP contribution < -0.4 is 10.3 Å². The Morgan fingerprint density at radius 3 is 2.44 bits per heavy atom. The molecule has 0 radical (unpaired) electrons. The minimum atomic E-state index is -0.655. The highest BCUT2D eigenvalue weighted by Gasteiger charge is 2.22. The van der Waals surface area contributed by atoms with Gasteiger partial charge >= 0.3 is 5.69 Å². The van der Waals surface area contributed by atoms with E-state index in [1.165, 1.54) is 36.5 Å². The first-order valence-electron chi connectivity index (χ1n) is 12.7. The van der Waals surface area contributed by atoms with Crippen LogP contribution in [0.4, 0.5) is 11.4 Å². The van der Waals surface area contributed by atoms with Crippen LogP contribution in [-0.2, 0) is 6.61 Å². The summed E-state index contributed by atoms with van der Waals surface area (Å²) in [6, 6.07) is 23.9. The van der Waals surface area contributed by atoms with Crippen LogP contribution in [0.5, 0.6) is 5.75 Å². The SMILES string of the molecule is O=c1c2ccccc2nc(-c2cc3ccccc3o2)n1N=Cc1cc(Cl)cc([N+](=O)[O-])c1OCc1ccc([N+](=O)[O-])cc1. The van der Waals surface area contributed by atoms with Crippen molar-refractivity contribution in [2.75, 3.05) is 0 Å². The first kappa shape index (κ1) is 27.3. The molecule has 43 heavy (non-hydrogen) atoms. The number of non-ortho nitro benzene ring substituents is 1. The molecule has 0 N–H and O–H groups in total. The third kappa shape index (κ3) is 5.42. The van der Waals surface area contributed by atoms with Crippen LogP contribution in [0.1, 0.15) is 11.1 Å². The molecule has 0 spiro atoms. The van der Waals surface area contributed by atoms with Gasteiger partial charge in [0, 0.05) is 34.2 Å². The van der Waals surface area contributed by atoms with E-state index in [9.17, 15) is 25.0 Å². The van der Waals surface area contributed by atoms with Crippen LogP contribution >= 0.6 is 11.6 Å². The molecule has 0 bridgehead atoms. The van der Waals surface area contributed by atoms with Gasteiger partial charge in [-0.3, -0.25) is 25.0 Å². The molecular weight excluding hydrogens is 578 g/mol. The summed E-state index contributed by atoms with van der Waals surface area (Å²) in [7, 11) is 0. The molecule has 6 rings (SSSR count). The van der Waals surface area contributed by atoms with Crippen molar-refractivity contribution in [3.05, 3.63) is 138 Å². The van der Waals surface area contributed by atoms with Gasteiger partial charge in [-0.05, 0) is 48.0 Å². The van der Waals surface area contributed by atoms with Crippen LogP contribution in [0.15, 0.2) is 105 Å². The van der Waals surface area contributed by atoms with Gasteiger partial charge in [-0.25, -0.2) is 4.98 Å². The van der Waals surface area contributed by atoms with Crippen molar-refractivity contribution in [2.24, 2.45) is 5.10 Å². The first-order chi connectivity index (χ1) is 20.8. The number of nitrogens with zero attached hydrogens (tertiary/aromatic N) is 5. The Bertz CT molecular complexity index is 2110. The molecule has 0 fully saturated rings. The zero-order chi connectivity index (χ0) is 30.1. The fourth-order valence-electron chi connectivity index (χ4n) is 4.46. The molecule has 0 unspecified atom stereocenters. The Morgan fingerprint density at radius 2 is 1.70 bits per heavy atom. The molecule has 0 aliphatic carbocycles. The number of rotatable bonds is 8. The quantitative estimate of drug-likeness (QED) is 0.106. The van der Waals surface area contributed by atoms with Gasteiger partial charge in [0.1, 0.15) is 12.2 Å². The van der Waals surface area contributed by atoms with E-state index in [1.54, 1.807) is 36.4 Å². The maximum atomic E-state index is 13.6. The van der Waals surface area contributed by atoms with Gasteiger partial charge in [-0.1, -0.05) is 41.9 Å². The summed E-state index contributed by atoms with van der Waals surface area (Å²) in [6.45, 7) is -0.150. The number of ether oxygens (including phenoxy) is 1. The Kier molecular flexibility index (Phi) is 7.10. The van der Waals surface area contributed by atoms with E-state index >= 15 is 0 Å². The summed E-state index contributed by atoms with van der Waals surface area (Å²) >= 11 is 6.21. The van der Waals surface area contributed by atoms with E-state index in [0.29, 0.717) is 22.0 Å². The van der Waals surface area contributed by atoms with Crippen molar-refractivity contribution in [3.8, 4) is 17.3 Å². The summed E-state index contributed by atoms with van der Waals surface area (Å²) in [6.07, 6.45) is 1.22. The third-order valence-electron chi connectivity index (χ3n) is 6.50. The smallest absolute Gasteiger partial charge is 0.313 e. The molecule has 2 heterocycles. The lowest BCUT2D eigenvalue weighted by Gasteiger charge is -2.11. The van der Waals surface area contributed by atoms with Gasteiger partial charge in [0.2, 0.25) is 11.6 Å². The molecule has 0 aliphatic rings. The van der Waals surface area contributed by atoms with Gasteiger partial charge < -0.3 is 9.15 Å². The van der Waals surface area contributed by atoms with E-state index in [1.807, 2.05) is 18.2 Å². The second-order valence-corrected chi connectivity index (χ2v) is 9.71. The summed E-state index contributed by atoms with van der Waals surface area (Å²) in [4.78, 5) is 40.0. The molecule has 0 saturated heterocycles. The number of benzene rings is 4. The monoisotopic (exact) mass is 595 g/mol. The number of nitro benzene ring substituents is 2. The first-order valence-corrected chi connectivity index (χ1v) is 13.1. The Morgan fingerprint density at radius 1 is 0.953 bits per heavy atom. The molecule has 0 atom stereocenters. The van der Waals surface area contributed by atoms with Crippen LogP contribution in [0, 0.1) is 20.2 Å². The lowest BCUT2D eigenvalue weighted by atomic mass is 10.1. The van der Waals surface area contributed by atoms with Gasteiger partial charge in [0.05, 0.1) is 27.0 Å². The summed E-state index contributed by atoms with van der Waals surface area (Å²) < 4.78 is 12.9. The highest BCUT2D eigenvalue weighted by atomic mass is 35.5. The summed E-state index contributed by atoms with van der Waals surface area (Å²) in [5, 5.41) is 28.4. The molecule has 0 amide bonds. The standard InChI is InChI=1S/C30H18ClN5O7/c31-21-13-20(28(25(15-21)36(40)41)42-17-18-9-11-22(12-10-18)35(38)39)16-32-34-29(27-14-19-5-1-4-8-26(19)43-27)33-24-7-3-2-6-23(24)30(34)37/h1-16H,17H2. The molecule has 6 aromatic rings. The molecule has 2 aromatic heterocycles. The lowest BCUT2D eigenvalue weighted by molar-refractivity contribution is -0.386. The molecule has 0 saturated carbocycles. The number of halogens is 1. The largest absolute Gasteiger partial charge is 0.481 e. The fourth-order valence-corrected chi connectivity index (χ4v) is 4.68. The Labute approximate surface area is 246 Å². The minimum Gasteiger partial charge on any atom is -0.481 e. The van der Waals surface area contributed by atoms with E-state index in [-0.39, 0.29) is 40.2 Å². The highest BCUT2D eigenvalue weighted by Crippen LogP contribution is 2.35. The average molecular weight is 596 g/mol. The van der Waals surface area contributed by atoms with Crippen molar-refractivity contribution in [2.45, 2.75) is 6.61 Å². The third-order valence-corrected chi connectivity index (χ3v) is 6.72. The normalized spacial score (nSPS) is 11.4. The number of fused-ring (bicyclic) bond motifs is 2. The lowest BCUT2D eigenvalue weighted by Crippen LogP contribution is -2.20. The van der Waals surface area contributed by atoms with E-state index in [2.05, 4.69) is 10.1 Å². The molecule has 13 heteroatoms. The Hall–Kier alpha value is -5.88. The minimum absolute atomic E-state index is 0.0392. The topological polar surface area (TPSA) is 156 Å². The van der Waals surface area contributed by atoms with Crippen molar-refractivity contribution in [3.63, 3.8) is 0 Å². The summed E-state index contributed by atoms with van der Waals surface area (Å²) in [5.74, 6) is 0.234. The van der Waals surface area contributed by atoms with Crippen LogP contribution in [-0.4, -0.2) is 25.7 Å². The van der Waals surface area contributed by atoms with Gasteiger partial charge in [-0.2, -0.15) is 9.78 Å². The fraction of sp³-hybridized carbons (Fsp3) is 0.0333. The van der Waals surface area contributed by atoms with Gasteiger partial charge in [-0.15, -0.1) is 0 Å². The maximum absolute atomic E-state index is 13.6. The molecule has 12 nitrogen and oxygen atoms in total. The van der Waals surface area contributed by atoms with E-state index < -0.39 is 21.1 Å². The highest BCUT2D eigenvalue weighted by molar-refractivity contribution is 6.31. The second kappa shape index (κ2) is 11.2.